The van der Waals surface area contributed by atoms with E-state index in [9.17, 15) is 4.79 Å². The van der Waals surface area contributed by atoms with Crippen LogP contribution < -0.4 is 5.73 Å². The highest BCUT2D eigenvalue weighted by Gasteiger charge is 2.28. The van der Waals surface area contributed by atoms with Crippen LogP contribution in [0.2, 0.25) is 0 Å². The van der Waals surface area contributed by atoms with E-state index in [0.29, 0.717) is 18.0 Å². The van der Waals surface area contributed by atoms with Gasteiger partial charge in [0.05, 0.1) is 23.1 Å². The molecule has 0 radical (unpaired) electrons. The minimum Gasteiger partial charge on any atom is -0.338 e. The predicted molar refractivity (Wildman–Crippen MR) is 81.4 cm³/mol. The highest BCUT2D eigenvalue weighted by atomic mass is 16.2. The fourth-order valence-corrected chi connectivity index (χ4v) is 2.83. The van der Waals surface area contributed by atoms with Gasteiger partial charge in [0.2, 0.25) is 0 Å². The fraction of sp³-hybridized carbons (Fsp3) is 0.375. The van der Waals surface area contributed by atoms with Crippen molar-refractivity contribution in [2.45, 2.75) is 13.3 Å². The Bertz CT molecular complexity index is 635. The predicted octanol–water partition coefficient (Wildman–Crippen LogP) is 1.60. The van der Waals surface area contributed by atoms with Gasteiger partial charge in [0, 0.05) is 13.1 Å². The lowest BCUT2D eigenvalue weighted by molar-refractivity contribution is 0.0787. The van der Waals surface area contributed by atoms with Crippen molar-refractivity contribution in [3.05, 3.63) is 47.8 Å². The van der Waals surface area contributed by atoms with Crippen molar-refractivity contribution in [1.82, 2.24) is 14.7 Å². The second-order valence-corrected chi connectivity index (χ2v) is 5.53. The number of benzene rings is 1. The number of rotatable bonds is 3. The van der Waals surface area contributed by atoms with Gasteiger partial charge in [-0.1, -0.05) is 18.2 Å². The Morgan fingerprint density at radius 1 is 1.38 bits per heavy atom. The minimum atomic E-state index is 0.0608. The molecule has 110 valence electrons. The van der Waals surface area contributed by atoms with Crippen LogP contribution in [0.5, 0.6) is 0 Å². The number of likely N-dealkylation sites (tertiary alicyclic amines) is 1. The lowest BCUT2D eigenvalue weighted by Crippen LogP contribution is -2.30. The molecule has 1 unspecified atom stereocenters. The summed E-state index contributed by atoms with van der Waals surface area (Å²) in [5.41, 5.74) is 8.21. The summed E-state index contributed by atoms with van der Waals surface area (Å²) in [4.78, 5) is 14.5. The Hall–Kier alpha value is -2.14. The number of para-hydroxylation sites is 1. The maximum absolute atomic E-state index is 12.6. The van der Waals surface area contributed by atoms with Crippen molar-refractivity contribution in [2.75, 3.05) is 19.6 Å². The van der Waals surface area contributed by atoms with Crippen LogP contribution in [0.25, 0.3) is 5.69 Å². The van der Waals surface area contributed by atoms with Gasteiger partial charge in [-0.2, -0.15) is 5.10 Å². The topological polar surface area (TPSA) is 64.2 Å². The lowest BCUT2D eigenvalue weighted by atomic mass is 10.1. The van der Waals surface area contributed by atoms with Crippen molar-refractivity contribution in [3.8, 4) is 5.69 Å². The molecule has 3 rings (SSSR count). The molecule has 2 N–H and O–H groups in total. The van der Waals surface area contributed by atoms with Crippen molar-refractivity contribution >= 4 is 5.91 Å². The first kappa shape index (κ1) is 13.8. The number of carbonyl (C=O) groups excluding carboxylic acids is 1. The molecule has 1 atom stereocenters. The molecule has 2 aromatic rings. The van der Waals surface area contributed by atoms with Gasteiger partial charge in [-0.05, 0) is 37.9 Å². The second kappa shape index (κ2) is 5.69. The highest BCUT2D eigenvalue weighted by molar-refractivity contribution is 5.95. The van der Waals surface area contributed by atoms with Gasteiger partial charge in [-0.15, -0.1) is 0 Å². The number of amides is 1. The fourth-order valence-electron chi connectivity index (χ4n) is 2.83. The van der Waals surface area contributed by atoms with Gasteiger partial charge >= 0.3 is 0 Å². The van der Waals surface area contributed by atoms with E-state index in [1.807, 2.05) is 46.8 Å². The van der Waals surface area contributed by atoms with Crippen LogP contribution in [0.4, 0.5) is 0 Å². The summed E-state index contributed by atoms with van der Waals surface area (Å²) in [5.74, 6) is 0.490. The monoisotopic (exact) mass is 284 g/mol. The Labute approximate surface area is 124 Å². The average molecular weight is 284 g/mol. The largest absolute Gasteiger partial charge is 0.338 e. The van der Waals surface area contributed by atoms with Crippen LogP contribution in [-0.4, -0.2) is 40.2 Å². The average Bonchev–Trinajstić information content (AvgIpc) is 3.14. The third kappa shape index (κ3) is 2.56. The van der Waals surface area contributed by atoms with Gasteiger partial charge in [0.15, 0.2) is 0 Å². The molecular formula is C16H20N4O. The zero-order valence-corrected chi connectivity index (χ0v) is 12.2. The van der Waals surface area contributed by atoms with Gasteiger partial charge < -0.3 is 10.6 Å². The van der Waals surface area contributed by atoms with E-state index in [1.165, 1.54) is 0 Å². The Morgan fingerprint density at radius 3 is 2.81 bits per heavy atom. The minimum absolute atomic E-state index is 0.0608. The van der Waals surface area contributed by atoms with E-state index in [2.05, 4.69) is 5.10 Å². The third-order valence-electron chi connectivity index (χ3n) is 4.15. The normalized spacial score (nSPS) is 18.2. The smallest absolute Gasteiger partial charge is 0.257 e. The number of carbonyl (C=O) groups is 1. The number of nitrogens with two attached hydrogens (primary N) is 1. The molecule has 1 aromatic carbocycles. The summed E-state index contributed by atoms with van der Waals surface area (Å²) < 4.78 is 1.81. The standard InChI is InChI=1S/C16H20N4O/c1-12-15(16(21)19-8-7-13(9-17)11-19)10-18-20(12)14-5-3-2-4-6-14/h2-6,10,13H,7-9,11,17H2,1H3. The molecule has 2 heterocycles. The van der Waals surface area contributed by atoms with Gasteiger partial charge in [-0.3, -0.25) is 4.79 Å². The van der Waals surface area contributed by atoms with E-state index in [-0.39, 0.29) is 5.91 Å². The first-order valence-corrected chi connectivity index (χ1v) is 7.30. The Kier molecular flexibility index (Phi) is 3.75. The van der Waals surface area contributed by atoms with Crippen LogP contribution in [-0.2, 0) is 0 Å². The third-order valence-corrected chi connectivity index (χ3v) is 4.15. The number of nitrogens with zero attached hydrogens (tertiary/aromatic N) is 3. The summed E-state index contributed by atoms with van der Waals surface area (Å²) in [6.45, 7) is 4.12. The molecule has 0 saturated carbocycles. The molecule has 5 heteroatoms. The van der Waals surface area contributed by atoms with E-state index >= 15 is 0 Å². The molecular weight excluding hydrogens is 264 g/mol. The maximum Gasteiger partial charge on any atom is 0.257 e. The molecule has 0 spiro atoms. The quantitative estimate of drug-likeness (QED) is 0.931. The molecule has 0 aliphatic carbocycles. The zero-order chi connectivity index (χ0) is 14.8. The maximum atomic E-state index is 12.6. The van der Waals surface area contributed by atoms with Crippen molar-refractivity contribution < 1.29 is 4.79 Å². The number of aromatic nitrogens is 2. The number of hydrogen-bond acceptors (Lipinski definition) is 3. The molecule has 1 aliphatic heterocycles. The molecule has 5 nitrogen and oxygen atoms in total. The van der Waals surface area contributed by atoms with E-state index in [4.69, 9.17) is 5.73 Å². The molecule has 1 saturated heterocycles. The molecule has 0 bridgehead atoms. The first-order chi connectivity index (χ1) is 10.2. The lowest BCUT2D eigenvalue weighted by Gasteiger charge is -2.16. The number of hydrogen-bond donors (Lipinski definition) is 1. The van der Waals surface area contributed by atoms with E-state index in [1.54, 1.807) is 6.20 Å². The summed E-state index contributed by atoms with van der Waals surface area (Å²) in [7, 11) is 0. The summed E-state index contributed by atoms with van der Waals surface area (Å²) in [5, 5.41) is 4.36. The van der Waals surface area contributed by atoms with Crippen molar-refractivity contribution in [2.24, 2.45) is 11.7 Å². The summed E-state index contributed by atoms with van der Waals surface area (Å²) in [6.07, 6.45) is 2.66. The Morgan fingerprint density at radius 2 is 2.14 bits per heavy atom. The highest BCUT2D eigenvalue weighted by Crippen LogP contribution is 2.20. The van der Waals surface area contributed by atoms with Crippen LogP contribution >= 0.6 is 0 Å². The van der Waals surface area contributed by atoms with E-state index in [0.717, 1.165) is 30.9 Å². The molecule has 21 heavy (non-hydrogen) atoms. The van der Waals surface area contributed by atoms with Crippen LogP contribution in [0, 0.1) is 12.8 Å². The molecule has 1 amide bonds. The van der Waals surface area contributed by atoms with Crippen LogP contribution in [0.1, 0.15) is 22.5 Å². The van der Waals surface area contributed by atoms with Gasteiger partial charge in [0.25, 0.3) is 5.91 Å². The summed E-state index contributed by atoms with van der Waals surface area (Å²) in [6, 6.07) is 9.85. The van der Waals surface area contributed by atoms with Crippen LogP contribution in [0.3, 0.4) is 0 Å². The van der Waals surface area contributed by atoms with Gasteiger partial charge in [-0.25, -0.2) is 4.68 Å². The molecule has 1 fully saturated rings. The Balaban J connectivity index is 1.84. The molecule has 1 aromatic heterocycles. The van der Waals surface area contributed by atoms with Crippen molar-refractivity contribution in [1.29, 1.82) is 0 Å². The van der Waals surface area contributed by atoms with Crippen LogP contribution in [0.15, 0.2) is 36.5 Å². The molecule has 1 aliphatic rings. The van der Waals surface area contributed by atoms with Gasteiger partial charge in [0.1, 0.15) is 0 Å². The second-order valence-electron chi connectivity index (χ2n) is 5.53. The van der Waals surface area contributed by atoms with E-state index < -0.39 is 0 Å². The van der Waals surface area contributed by atoms with Crippen molar-refractivity contribution in [3.63, 3.8) is 0 Å². The first-order valence-electron chi connectivity index (χ1n) is 7.30. The SMILES string of the molecule is Cc1c(C(=O)N2CCC(CN)C2)cnn1-c1ccccc1. The zero-order valence-electron chi connectivity index (χ0n) is 12.2. The summed E-state index contributed by atoms with van der Waals surface area (Å²) >= 11 is 0.